The summed E-state index contributed by atoms with van der Waals surface area (Å²) in [6, 6.07) is 22.3. The minimum atomic E-state index is 0.825. The number of hydrogen-bond acceptors (Lipinski definition) is 4. The molecule has 29 heavy (non-hydrogen) atoms. The number of hydrogen-bond donors (Lipinski definition) is 1. The highest BCUT2D eigenvalue weighted by atomic mass is 16.5. The Bertz CT molecular complexity index is 915. The van der Waals surface area contributed by atoms with E-state index in [0.29, 0.717) is 0 Å². The fourth-order valence-corrected chi connectivity index (χ4v) is 3.51. The molecule has 1 aliphatic heterocycles. The average Bonchev–Trinajstić information content (AvgIpc) is 3.31. The molecule has 0 amide bonds. The molecule has 0 spiro atoms. The molecule has 0 saturated carbocycles. The molecular formula is C25H27N3O. The van der Waals surface area contributed by atoms with Gasteiger partial charge in [-0.2, -0.15) is 0 Å². The van der Waals surface area contributed by atoms with Gasteiger partial charge in [0.15, 0.2) is 0 Å². The highest BCUT2D eigenvalue weighted by Crippen LogP contribution is 2.22. The molecule has 0 atom stereocenters. The number of ether oxygens (including phenoxy) is 1. The lowest BCUT2D eigenvalue weighted by molar-refractivity contribution is 0.482. The van der Waals surface area contributed by atoms with E-state index in [-0.39, 0.29) is 0 Å². The first-order valence-electron chi connectivity index (χ1n) is 10.2. The van der Waals surface area contributed by atoms with Crippen molar-refractivity contribution < 1.29 is 4.74 Å². The Labute approximate surface area is 172 Å². The van der Waals surface area contributed by atoms with E-state index in [0.717, 1.165) is 54.6 Å². The Hall–Kier alpha value is -3.27. The van der Waals surface area contributed by atoms with Crippen molar-refractivity contribution in [2.24, 2.45) is 0 Å². The number of nitrogens with zero attached hydrogens (tertiary/aromatic N) is 2. The zero-order valence-electron chi connectivity index (χ0n) is 16.7. The third kappa shape index (κ3) is 5.17. The second-order valence-corrected chi connectivity index (χ2v) is 7.31. The zero-order valence-corrected chi connectivity index (χ0v) is 16.7. The maximum absolute atomic E-state index is 5.84. The number of anilines is 1. The van der Waals surface area contributed by atoms with Crippen LogP contribution < -0.4 is 15.0 Å². The highest BCUT2D eigenvalue weighted by Gasteiger charge is 2.13. The van der Waals surface area contributed by atoms with Gasteiger partial charge in [0, 0.05) is 37.1 Å². The zero-order chi connectivity index (χ0) is 19.9. The summed E-state index contributed by atoms with van der Waals surface area (Å²) in [5.41, 5.74) is 3.21. The maximum Gasteiger partial charge on any atom is 0.128 e. The lowest BCUT2D eigenvalue weighted by Crippen LogP contribution is -2.19. The van der Waals surface area contributed by atoms with Crippen LogP contribution >= 0.6 is 0 Å². The van der Waals surface area contributed by atoms with Crippen molar-refractivity contribution >= 4 is 11.5 Å². The van der Waals surface area contributed by atoms with Crippen molar-refractivity contribution in [3.8, 4) is 11.5 Å². The van der Waals surface area contributed by atoms with Crippen LogP contribution in [0, 0.1) is 0 Å². The molecule has 0 unspecified atom stereocenters. The summed E-state index contributed by atoms with van der Waals surface area (Å²) in [6.07, 6.45) is 5.36. The Balaban J connectivity index is 1.24. The molecule has 1 aliphatic rings. The predicted octanol–water partition coefficient (Wildman–Crippen LogP) is 5.28. The molecule has 4 nitrogen and oxygen atoms in total. The molecule has 1 fully saturated rings. The van der Waals surface area contributed by atoms with Crippen LogP contribution in [0.2, 0.25) is 0 Å². The van der Waals surface area contributed by atoms with Gasteiger partial charge in [0.05, 0.1) is 0 Å². The molecule has 1 N–H and O–H groups in total. The van der Waals surface area contributed by atoms with Gasteiger partial charge < -0.3 is 15.0 Å². The van der Waals surface area contributed by atoms with Crippen LogP contribution in [0.5, 0.6) is 11.5 Å². The van der Waals surface area contributed by atoms with Crippen molar-refractivity contribution in [1.82, 2.24) is 10.3 Å². The normalized spacial score (nSPS) is 13.3. The van der Waals surface area contributed by atoms with Crippen molar-refractivity contribution in [3.63, 3.8) is 0 Å². The first-order valence-corrected chi connectivity index (χ1v) is 10.2. The molecule has 0 bridgehead atoms. The molecule has 3 aromatic rings. The number of nitrogens with one attached hydrogen (secondary N) is 1. The predicted molar refractivity (Wildman–Crippen MR) is 119 cm³/mol. The first-order chi connectivity index (χ1) is 14.3. The molecule has 4 rings (SSSR count). The molecule has 2 aromatic carbocycles. The van der Waals surface area contributed by atoms with Gasteiger partial charge in [-0.3, -0.25) is 0 Å². The summed E-state index contributed by atoms with van der Waals surface area (Å²) in [5, 5.41) is 3.41. The minimum Gasteiger partial charge on any atom is -0.457 e. The summed E-state index contributed by atoms with van der Waals surface area (Å²) >= 11 is 0. The van der Waals surface area contributed by atoms with Crippen molar-refractivity contribution in [1.29, 1.82) is 0 Å². The van der Waals surface area contributed by atoms with E-state index in [1.54, 1.807) is 0 Å². The quantitative estimate of drug-likeness (QED) is 0.573. The van der Waals surface area contributed by atoms with E-state index in [2.05, 4.69) is 46.0 Å². The van der Waals surface area contributed by atoms with Crippen molar-refractivity contribution in [2.75, 3.05) is 24.5 Å². The van der Waals surface area contributed by atoms with Gasteiger partial charge in [0.2, 0.25) is 0 Å². The van der Waals surface area contributed by atoms with Gasteiger partial charge in [-0.25, -0.2) is 4.98 Å². The van der Waals surface area contributed by atoms with Crippen LogP contribution in [0.25, 0.3) is 5.70 Å². The van der Waals surface area contributed by atoms with Crippen LogP contribution in [0.4, 0.5) is 5.82 Å². The summed E-state index contributed by atoms with van der Waals surface area (Å²) in [4.78, 5) is 6.94. The molecular weight excluding hydrogens is 358 g/mol. The fraction of sp³-hybridized carbons (Fsp3) is 0.240. The molecule has 148 valence electrons. The maximum atomic E-state index is 5.84. The summed E-state index contributed by atoms with van der Waals surface area (Å²) in [5.74, 6) is 2.76. The Morgan fingerprint density at radius 2 is 1.66 bits per heavy atom. The standard InChI is InChI=1S/C25H27N3O/c1-20(22-11-14-25(27-19-22)28-17-5-6-18-28)26-16-15-21-9-12-24(13-10-21)29-23-7-3-2-4-8-23/h2-4,7-14,19,26H,1,5-6,15-18H2. The number of benzene rings is 2. The Kier molecular flexibility index (Phi) is 6.10. The van der Waals surface area contributed by atoms with E-state index in [1.165, 1.54) is 18.4 Å². The summed E-state index contributed by atoms with van der Waals surface area (Å²) < 4.78 is 5.84. The second-order valence-electron chi connectivity index (χ2n) is 7.31. The average molecular weight is 386 g/mol. The molecule has 0 radical (unpaired) electrons. The molecule has 0 aliphatic carbocycles. The number of rotatable bonds is 8. The van der Waals surface area contributed by atoms with E-state index in [4.69, 9.17) is 4.74 Å². The van der Waals surface area contributed by atoms with Crippen LogP contribution in [-0.2, 0) is 6.42 Å². The molecule has 4 heteroatoms. The van der Waals surface area contributed by atoms with Crippen LogP contribution in [0.1, 0.15) is 24.0 Å². The Morgan fingerprint density at radius 1 is 0.931 bits per heavy atom. The van der Waals surface area contributed by atoms with Crippen molar-refractivity contribution in [3.05, 3.63) is 90.6 Å². The van der Waals surface area contributed by atoms with E-state index < -0.39 is 0 Å². The number of aromatic nitrogens is 1. The van der Waals surface area contributed by atoms with Gasteiger partial charge in [-0.1, -0.05) is 36.9 Å². The monoisotopic (exact) mass is 385 g/mol. The van der Waals surface area contributed by atoms with E-state index in [9.17, 15) is 0 Å². The fourth-order valence-electron chi connectivity index (χ4n) is 3.51. The van der Waals surface area contributed by atoms with Gasteiger partial charge >= 0.3 is 0 Å². The number of pyridine rings is 1. The first kappa shape index (κ1) is 19.1. The largest absolute Gasteiger partial charge is 0.457 e. The van der Waals surface area contributed by atoms with Gasteiger partial charge in [0.1, 0.15) is 17.3 Å². The highest BCUT2D eigenvalue weighted by molar-refractivity contribution is 5.62. The van der Waals surface area contributed by atoms with Gasteiger partial charge in [-0.15, -0.1) is 0 Å². The van der Waals surface area contributed by atoms with Gasteiger partial charge in [-0.05, 0) is 61.2 Å². The number of para-hydroxylation sites is 1. The minimum absolute atomic E-state index is 0.825. The van der Waals surface area contributed by atoms with Crippen LogP contribution in [-0.4, -0.2) is 24.6 Å². The smallest absolute Gasteiger partial charge is 0.128 e. The third-order valence-electron chi connectivity index (χ3n) is 5.18. The topological polar surface area (TPSA) is 37.4 Å². The SMILES string of the molecule is C=C(NCCc1ccc(Oc2ccccc2)cc1)c1ccc(N2CCCC2)nc1. The van der Waals surface area contributed by atoms with Crippen molar-refractivity contribution in [2.45, 2.75) is 19.3 Å². The third-order valence-corrected chi connectivity index (χ3v) is 5.18. The lowest BCUT2D eigenvalue weighted by atomic mass is 10.1. The molecule has 1 aromatic heterocycles. The molecule has 1 saturated heterocycles. The van der Waals surface area contributed by atoms with Gasteiger partial charge in [0.25, 0.3) is 0 Å². The van der Waals surface area contributed by atoms with Crippen LogP contribution in [0.3, 0.4) is 0 Å². The van der Waals surface area contributed by atoms with Crippen LogP contribution in [0.15, 0.2) is 79.5 Å². The Morgan fingerprint density at radius 3 is 2.34 bits per heavy atom. The second kappa shape index (κ2) is 9.28. The van der Waals surface area contributed by atoms with E-state index in [1.807, 2.05) is 48.7 Å². The van der Waals surface area contributed by atoms with E-state index >= 15 is 0 Å². The summed E-state index contributed by atoms with van der Waals surface area (Å²) in [7, 11) is 0. The lowest BCUT2D eigenvalue weighted by Gasteiger charge is -2.17. The summed E-state index contributed by atoms with van der Waals surface area (Å²) in [6.45, 7) is 7.21. The molecule has 2 heterocycles.